The van der Waals surface area contributed by atoms with Gasteiger partial charge in [0, 0.05) is 50.3 Å². The molecule has 0 spiro atoms. The predicted molar refractivity (Wildman–Crippen MR) is 151 cm³/mol. The van der Waals surface area contributed by atoms with E-state index >= 15 is 0 Å². The van der Waals surface area contributed by atoms with Crippen molar-refractivity contribution in [3.05, 3.63) is 95.1 Å². The molecule has 0 aliphatic carbocycles. The van der Waals surface area contributed by atoms with Gasteiger partial charge in [-0.25, -0.2) is 0 Å². The van der Waals surface area contributed by atoms with Crippen LogP contribution in [-0.2, 0) is 9.59 Å². The van der Waals surface area contributed by atoms with Crippen molar-refractivity contribution in [3.8, 4) is 5.75 Å². The monoisotopic (exact) mass is 539 g/mol. The Morgan fingerprint density at radius 1 is 0.850 bits per heavy atom. The van der Waals surface area contributed by atoms with E-state index in [-0.39, 0.29) is 29.3 Å². The van der Waals surface area contributed by atoms with Crippen LogP contribution in [0.1, 0.15) is 64.6 Å². The lowest BCUT2D eigenvalue weighted by molar-refractivity contribution is -0.136. The largest absolute Gasteiger partial charge is 0.426 e. The quantitative estimate of drug-likeness (QED) is 0.374. The molecule has 1 N–H and O–H groups in total. The summed E-state index contributed by atoms with van der Waals surface area (Å²) in [7, 11) is 0. The van der Waals surface area contributed by atoms with Crippen LogP contribution >= 0.6 is 0 Å². The Kier molecular flexibility index (Phi) is 7.69. The summed E-state index contributed by atoms with van der Waals surface area (Å²) < 4.78 is 5.40. The number of ketones is 1. The van der Waals surface area contributed by atoms with Crippen LogP contribution in [-0.4, -0.2) is 59.5 Å². The number of carbonyl (C=O) groups excluding carboxylic acids is 4. The van der Waals surface area contributed by atoms with E-state index in [1.807, 2.05) is 50.2 Å². The number of hydrogen-bond donors (Lipinski definition) is 1. The second-order valence-electron chi connectivity index (χ2n) is 10.5. The number of Topliss-reactive ketones (excluding diaryl/α,β-unsaturated/α-hetero) is 1. The van der Waals surface area contributed by atoms with Crippen LogP contribution < -0.4 is 10.1 Å². The van der Waals surface area contributed by atoms with Crippen LogP contribution in [0, 0.1) is 5.92 Å². The number of nitrogens with zero attached hydrogens (tertiary/aromatic N) is 2. The minimum Gasteiger partial charge on any atom is -0.426 e. The molecule has 2 aliphatic rings. The van der Waals surface area contributed by atoms with Gasteiger partial charge < -0.3 is 19.9 Å². The molecular formula is C32H33N3O5. The molecule has 2 heterocycles. The molecule has 2 aliphatic heterocycles. The average Bonchev–Trinajstić information content (AvgIpc) is 2.96. The van der Waals surface area contributed by atoms with Crippen LogP contribution in [0.2, 0.25) is 0 Å². The molecule has 1 fully saturated rings. The van der Waals surface area contributed by atoms with E-state index in [0.29, 0.717) is 48.6 Å². The predicted octanol–water partition coefficient (Wildman–Crippen LogP) is 4.69. The summed E-state index contributed by atoms with van der Waals surface area (Å²) in [6, 6.07) is 21.7. The van der Waals surface area contributed by atoms with Gasteiger partial charge in [-0.05, 0) is 35.4 Å². The van der Waals surface area contributed by atoms with E-state index in [1.165, 1.54) is 6.92 Å². The van der Waals surface area contributed by atoms with Gasteiger partial charge in [0.15, 0.2) is 5.78 Å². The van der Waals surface area contributed by atoms with Crippen LogP contribution in [0.4, 0.5) is 5.69 Å². The fourth-order valence-corrected chi connectivity index (χ4v) is 5.53. The number of ether oxygens (including phenoxy) is 1. The van der Waals surface area contributed by atoms with Crippen molar-refractivity contribution in [2.24, 2.45) is 5.92 Å². The number of nitrogens with one attached hydrogen (secondary N) is 1. The molecule has 8 heteroatoms. The summed E-state index contributed by atoms with van der Waals surface area (Å²) in [6.07, 6.45) is 0. The number of piperazine rings is 1. The van der Waals surface area contributed by atoms with Gasteiger partial charge in [-0.1, -0.05) is 62.4 Å². The van der Waals surface area contributed by atoms with Crippen molar-refractivity contribution >= 4 is 29.3 Å². The van der Waals surface area contributed by atoms with Gasteiger partial charge in [0.2, 0.25) is 5.91 Å². The fourth-order valence-electron chi connectivity index (χ4n) is 5.53. The van der Waals surface area contributed by atoms with Gasteiger partial charge in [0.1, 0.15) is 5.75 Å². The number of esters is 1. The fraction of sp³-hybridized carbons (Fsp3) is 0.312. The number of amides is 2. The lowest BCUT2D eigenvalue weighted by atomic mass is 9.77. The second-order valence-corrected chi connectivity index (χ2v) is 10.5. The van der Waals surface area contributed by atoms with E-state index in [0.717, 1.165) is 5.56 Å². The smallest absolute Gasteiger partial charge is 0.308 e. The second kappa shape index (κ2) is 11.3. The summed E-state index contributed by atoms with van der Waals surface area (Å²) in [5.41, 5.74) is 3.01. The molecule has 0 radical (unpaired) electrons. The van der Waals surface area contributed by atoms with Crippen LogP contribution in [0.3, 0.4) is 0 Å². The first-order valence-corrected chi connectivity index (χ1v) is 13.6. The van der Waals surface area contributed by atoms with Crippen molar-refractivity contribution in [2.45, 2.75) is 32.7 Å². The Bertz CT molecular complexity index is 1440. The van der Waals surface area contributed by atoms with Crippen molar-refractivity contribution in [2.75, 3.05) is 31.5 Å². The minimum absolute atomic E-state index is 0.0790. The van der Waals surface area contributed by atoms with E-state index in [1.54, 1.807) is 46.2 Å². The maximum absolute atomic E-state index is 14.2. The first kappa shape index (κ1) is 27.1. The molecule has 0 saturated carbocycles. The summed E-state index contributed by atoms with van der Waals surface area (Å²) >= 11 is 0. The van der Waals surface area contributed by atoms with Crippen molar-refractivity contribution in [3.63, 3.8) is 0 Å². The zero-order valence-electron chi connectivity index (χ0n) is 22.9. The topological polar surface area (TPSA) is 96.0 Å². The zero-order chi connectivity index (χ0) is 28.4. The zero-order valence-corrected chi connectivity index (χ0v) is 22.9. The molecule has 0 bridgehead atoms. The number of anilines is 1. The van der Waals surface area contributed by atoms with Gasteiger partial charge in [0.05, 0.1) is 17.5 Å². The van der Waals surface area contributed by atoms with Crippen molar-refractivity contribution in [1.82, 2.24) is 9.80 Å². The highest BCUT2D eigenvalue weighted by Gasteiger charge is 2.39. The van der Waals surface area contributed by atoms with E-state index in [2.05, 4.69) is 5.32 Å². The van der Waals surface area contributed by atoms with E-state index in [9.17, 15) is 19.2 Å². The maximum atomic E-state index is 14.2. The molecule has 3 aromatic rings. The first-order chi connectivity index (χ1) is 19.2. The molecule has 2 atom stereocenters. The van der Waals surface area contributed by atoms with Gasteiger partial charge in [-0.2, -0.15) is 0 Å². The molecule has 2 amide bonds. The number of fused-ring (bicyclic) bond motifs is 1. The molecule has 206 valence electrons. The Morgan fingerprint density at radius 2 is 1.50 bits per heavy atom. The maximum Gasteiger partial charge on any atom is 0.308 e. The summed E-state index contributed by atoms with van der Waals surface area (Å²) in [6.45, 7) is 6.97. The minimum atomic E-state index is -0.667. The molecule has 8 nitrogen and oxygen atoms in total. The van der Waals surface area contributed by atoms with Crippen molar-refractivity contribution < 1.29 is 23.9 Å². The lowest BCUT2D eigenvalue weighted by Gasteiger charge is -2.36. The third-order valence-electron chi connectivity index (χ3n) is 7.48. The highest BCUT2D eigenvalue weighted by atomic mass is 16.5. The van der Waals surface area contributed by atoms with E-state index in [4.69, 9.17) is 4.74 Å². The molecule has 40 heavy (non-hydrogen) atoms. The average molecular weight is 540 g/mol. The van der Waals surface area contributed by atoms with Crippen LogP contribution in [0.15, 0.2) is 72.8 Å². The van der Waals surface area contributed by atoms with Gasteiger partial charge >= 0.3 is 5.97 Å². The number of hydrogen-bond acceptors (Lipinski definition) is 6. The number of carbonyl (C=O) groups is 4. The van der Waals surface area contributed by atoms with Gasteiger partial charge in [-0.3, -0.25) is 19.2 Å². The van der Waals surface area contributed by atoms with Crippen molar-refractivity contribution in [1.29, 1.82) is 0 Å². The van der Waals surface area contributed by atoms with Crippen LogP contribution in [0.5, 0.6) is 5.75 Å². The Labute approximate surface area is 233 Å². The molecule has 2 unspecified atom stereocenters. The Balaban J connectivity index is 1.47. The number of benzene rings is 3. The van der Waals surface area contributed by atoms with Gasteiger partial charge in [0.25, 0.3) is 5.91 Å². The van der Waals surface area contributed by atoms with E-state index < -0.39 is 17.9 Å². The summed E-state index contributed by atoms with van der Waals surface area (Å²) in [4.78, 5) is 55.4. The third kappa shape index (κ3) is 5.34. The van der Waals surface area contributed by atoms with Gasteiger partial charge in [-0.15, -0.1) is 0 Å². The molecule has 1 saturated heterocycles. The first-order valence-electron chi connectivity index (χ1n) is 13.6. The molecule has 0 aromatic heterocycles. The molecule has 3 aromatic carbocycles. The lowest BCUT2D eigenvalue weighted by Crippen LogP contribution is -2.51. The Hall–Kier alpha value is -4.46. The molecule has 5 rings (SSSR count). The molecular weight excluding hydrogens is 506 g/mol. The normalized spacial score (nSPS) is 18.6. The summed E-state index contributed by atoms with van der Waals surface area (Å²) in [5.74, 6) is -1.27. The highest BCUT2D eigenvalue weighted by Crippen LogP contribution is 2.45. The standard InChI is InChI=1S/C32H33N3O5/c1-20(2)31(38)34-15-17-35(18-16-34)32(39)24-12-7-11-23(19-24)27-29(22-9-5-4-6-10-22)33-25-13-8-14-26(40-21(3)36)28(25)30(27)37/h4-14,19-20,27,29,33H,15-18H2,1-3H3. The Morgan fingerprint density at radius 3 is 2.17 bits per heavy atom. The van der Waals surface area contributed by atoms with Crippen LogP contribution in [0.25, 0.3) is 0 Å². The SMILES string of the molecule is CC(=O)Oc1cccc2c1C(=O)C(c1cccc(C(=O)N3CCN(C(=O)C(C)C)CC3)c1)C(c1ccccc1)N2. The number of rotatable bonds is 5. The highest BCUT2D eigenvalue weighted by molar-refractivity contribution is 6.10. The summed E-state index contributed by atoms with van der Waals surface area (Å²) in [5, 5.41) is 3.50. The third-order valence-corrected chi connectivity index (χ3v) is 7.48.